The molecule has 2 N–H and O–H groups in total. The second kappa shape index (κ2) is 10.3. The zero-order valence-electron chi connectivity index (χ0n) is 16.9. The molecule has 9 heteroatoms. The number of hydrogen-bond donors (Lipinski definition) is 2. The van der Waals surface area contributed by atoms with E-state index in [9.17, 15) is 9.59 Å². The highest BCUT2D eigenvalue weighted by Crippen LogP contribution is 2.38. The van der Waals surface area contributed by atoms with Crippen molar-refractivity contribution in [2.75, 3.05) is 50.6 Å². The van der Waals surface area contributed by atoms with Crippen molar-refractivity contribution in [3.05, 3.63) is 40.9 Å². The highest BCUT2D eigenvalue weighted by molar-refractivity contribution is 9.10. The van der Waals surface area contributed by atoms with Crippen LogP contribution < -0.4 is 24.8 Å². The van der Waals surface area contributed by atoms with E-state index in [0.717, 1.165) is 0 Å². The predicted octanol–water partition coefficient (Wildman–Crippen LogP) is 3.13. The molecule has 0 radical (unpaired) electrons. The Morgan fingerprint density at radius 2 is 1.73 bits per heavy atom. The van der Waals surface area contributed by atoms with Crippen molar-refractivity contribution in [1.82, 2.24) is 4.90 Å². The molecule has 1 heterocycles. The Bertz CT molecular complexity index is 922. The first kappa shape index (κ1) is 21.9. The van der Waals surface area contributed by atoms with Crippen LogP contribution in [0.15, 0.2) is 40.9 Å². The maximum absolute atomic E-state index is 12.5. The quantitative estimate of drug-likeness (QED) is 0.606. The number of anilines is 2. The van der Waals surface area contributed by atoms with Gasteiger partial charge in [0, 0.05) is 28.4 Å². The number of methoxy groups -OCH3 is 1. The van der Waals surface area contributed by atoms with Crippen molar-refractivity contribution in [3.63, 3.8) is 0 Å². The maximum atomic E-state index is 12.5. The molecule has 0 fully saturated rings. The Labute approximate surface area is 183 Å². The zero-order chi connectivity index (χ0) is 21.5. The summed E-state index contributed by atoms with van der Waals surface area (Å²) in [5, 5.41) is 5.67. The minimum Gasteiger partial charge on any atom is -0.497 e. The number of carbonyl (C=O) groups is 2. The molecular formula is C21H24BrN3O5. The van der Waals surface area contributed by atoms with Gasteiger partial charge in [0.05, 0.1) is 25.9 Å². The molecule has 0 atom stereocenters. The summed E-state index contributed by atoms with van der Waals surface area (Å²) in [4.78, 5) is 26.7. The second-order valence-electron chi connectivity index (χ2n) is 6.61. The van der Waals surface area contributed by atoms with E-state index >= 15 is 0 Å². The van der Waals surface area contributed by atoms with Crippen LogP contribution >= 0.6 is 15.9 Å². The Morgan fingerprint density at radius 3 is 2.40 bits per heavy atom. The van der Waals surface area contributed by atoms with Crippen molar-refractivity contribution >= 4 is 39.1 Å². The van der Waals surface area contributed by atoms with Gasteiger partial charge < -0.3 is 24.8 Å². The van der Waals surface area contributed by atoms with Gasteiger partial charge in [-0.15, -0.1) is 0 Å². The summed E-state index contributed by atoms with van der Waals surface area (Å²) >= 11 is 3.44. The van der Waals surface area contributed by atoms with E-state index in [2.05, 4.69) is 26.6 Å². The monoisotopic (exact) mass is 477 g/mol. The lowest BCUT2D eigenvalue weighted by molar-refractivity contribution is -0.119. The maximum Gasteiger partial charge on any atom is 0.238 e. The van der Waals surface area contributed by atoms with Crippen molar-refractivity contribution in [3.8, 4) is 17.2 Å². The molecule has 0 saturated heterocycles. The van der Waals surface area contributed by atoms with E-state index in [4.69, 9.17) is 14.2 Å². The fourth-order valence-electron chi connectivity index (χ4n) is 2.94. The first-order valence-electron chi connectivity index (χ1n) is 9.53. The highest BCUT2D eigenvalue weighted by atomic mass is 79.9. The molecule has 0 saturated carbocycles. The SMILES string of the molecule is CCN(CC(=O)Nc1cccc(OC)c1)CC(=O)Nc1cc2c(cc1Br)OCCO2. The third-order valence-electron chi connectivity index (χ3n) is 4.44. The summed E-state index contributed by atoms with van der Waals surface area (Å²) in [6.07, 6.45) is 0. The summed E-state index contributed by atoms with van der Waals surface area (Å²) in [5.41, 5.74) is 1.22. The minimum absolute atomic E-state index is 0.0723. The summed E-state index contributed by atoms with van der Waals surface area (Å²) in [6, 6.07) is 10.6. The number of carbonyl (C=O) groups excluding carboxylic acids is 2. The molecule has 0 aliphatic carbocycles. The Kier molecular flexibility index (Phi) is 7.53. The topological polar surface area (TPSA) is 89.1 Å². The number of nitrogens with one attached hydrogen (secondary N) is 2. The molecule has 0 aromatic heterocycles. The highest BCUT2D eigenvalue weighted by Gasteiger charge is 2.18. The summed E-state index contributed by atoms with van der Waals surface area (Å²) < 4.78 is 16.9. The van der Waals surface area contributed by atoms with Crippen molar-refractivity contribution in [2.24, 2.45) is 0 Å². The standard InChI is InChI=1S/C21H24BrN3O5/c1-3-25(12-20(26)23-14-5-4-6-15(9-14)28-2)13-21(27)24-17-11-19-18(10-16(17)22)29-7-8-30-19/h4-6,9-11H,3,7-8,12-13H2,1-2H3,(H,23,26)(H,24,27). The van der Waals surface area contributed by atoms with Gasteiger partial charge in [0.15, 0.2) is 11.5 Å². The fourth-order valence-corrected chi connectivity index (χ4v) is 3.36. The van der Waals surface area contributed by atoms with Gasteiger partial charge in [0.25, 0.3) is 0 Å². The average molecular weight is 478 g/mol. The first-order valence-corrected chi connectivity index (χ1v) is 10.3. The molecule has 0 bridgehead atoms. The van der Waals surface area contributed by atoms with Gasteiger partial charge in [-0.2, -0.15) is 0 Å². The Balaban J connectivity index is 1.56. The van der Waals surface area contributed by atoms with Crippen LogP contribution in [-0.4, -0.2) is 56.7 Å². The summed E-state index contributed by atoms with van der Waals surface area (Å²) in [5.74, 6) is 1.44. The van der Waals surface area contributed by atoms with Crippen molar-refractivity contribution in [1.29, 1.82) is 0 Å². The lowest BCUT2D eigenvalue weighted by Crippen LogP contribution is -2.38. The van der Waals surface area contributed by atoms with Gasteiger partial charge in [0.2, 0.25) is 11.8 Å². The largest absolute Gasteiger partial charge is 0.497 e. The molecule has 1 aliphatic heterocycles. The summed E-state index contributed by atoms with van der Waals surface area (Å²) in [6.45, 7) is 3.56. The lowest BCUT2D eigenvalue weighted by Gasteiger charge is -2.21. The van der Waals surface area contributed by atoms with Gasteiger partial charge in [-0.25, -0.2) is 0 Å². The van der Waals surface area contributed by atoms with Gasteiger partial charge in [-0.3, -0.25) is 14.5 Å². The average Bonchev–Trinajstić information content (AvgIpc) is 2.73. The molecule has 2 aromatic carbocycles. The fraction of sp³-hybridized carbons (Fsp3) is 0.333. The van der Waals surface area contributed by atoms with E-state index < -0.39 is 0 Å². The number of rotatable bonds is 8. The molecule has 0 unspecified atom stereocenters. The lowest BCUT2D eigenvalue weighted by atomic mass is 10.2. The van der Waals surface area contributed by atoms with E-state index in [1.54, 1.807) is 48.4 Å². The van der Waals surface area contributed by atoms with Crippen LogP contribution in [0.5, 0.6) is 17.2 Å². The number of fused-ring (bicyclic) bond motifs is 1. The van der Waals surface area contributed by atoms with Crippen LogP contribution in [0.3, 0.4) is 0 Å². The second-order valence-corrected chi connectivity index (χ2v) is 7.46. The zero-order valence-corrected chi connectivity index (χ0v) is 18.5. The number of ether oxygens (including phenoxy) is 3. The number of amides is 2. The number of likely N-dealkylation sites (N-methyl/N-ethyl adjacent to an activating group) is 1. The Hall–Kier alpha value is -2.78. The van der Waals surface area contributed by atoms with E-state index in [-0.39, 0.29) is 24.9 Å². The van der Waals surface area contributed by atoms with Crippen LogP contribution in [0.25, 0.3) is 0 Å². The molecule has 160 valence electrons. The van der Waals surface area contributed by atoms with Crippen LogP contribution in [0.1, 0.15) is 6.92 Å². The van der Waals surface area contributed by atoms with Crippen molar-refractivity contribution < 1.29 is 23.8 Å². The molecule has 8 nitrogen and oxygen atoms in total. The molecule has 2 aromatic rings. The van der Waals surface area contributed by atoms with Crippen LogP contribution in [-0.2, 0) is 9.59 Å². The first-order chi connectivity index (χ1) is 14.5. The van der Waals surface area contributed by atoms with Crippen LogP contribution in [0.4, 0.5) is 11.4 Å². The molecular weight excluding hydrogens is 454 g/mol. The third-order valence-corrected chi connectivity index (χ3v) is 5.10. The summed E-state index contributed by atoms with van der Waals surface area (Å²) in [7, 11) is 1.57. The van der Waals surface area contributed by atoms with Crippen LogP contribution in [0, 0.1) is 0 Å². The molecule has 30 heavy (non-hydrogen) atoms. The van der Waals surface area contributed by atoms with E-state index in [1.807, 2.05) is 6.92 Å². The van der Waals surface area contributed by atoms with Crippen molar-refractivity contribution in [2.45, 2.75) is 6.92 Å². The molecule has 3 rings (SSSR count). The molecule has 0 spiro atoms. The predicted molar refractivity (Wildman–Crippen MR) is 117 cm³/mol. The van der Waals surface area contributed by atoms with E-state index in [1.165, 1.54) is 0 Å². The third kappa shape index (κ3) is 5.87. The number of benzene rings is 2. The number of nitrogens with zero attached hydrogens (tertiary/aromatic N) is 1. The Morgan fingerprint density at radius 1 is 1.07 bits per heavy atom. The molecule has 1 aliphatic rings. The normalized spacial score (nSPS) is 12.4. The van der Waals surface area contributed by atoms with Gasteiger partial charge in [-0.05, 0) is 34.6 Å². The molecule has 2 amide bonds. The van der Waals surface area contributed by atoms with Gasteiger partial charge in [-0.1, -0.05) is 13.0 Å². The number of halogens is 1. The van der Waals surface area contributed by atoms with Gasteiger partial charge >= 0.3 is 0 Å². The van der Waals surface area contributed by atoms with Crippen LogP contribution in [0.2, 0.25) is 0 Å². The smallest absolute Gasteiger partial charge is 0.238 e. The number of hydrogen-bond acceptors (Lipinski definition) is 6. The van der Waals surface area contributed by atoms with Gasteiger partial charge in [0.1, 0.15) is 19.0 Å². The minimum atomic E-state index is -0.233. The van der Waals surface area contributed by atoms with E-state index in [0.29, 0.717) is 52.9 Å².